The monoisotopic (exact) mass is 642 g/mol. The Balaban J connectivity index is 1.19. The minimum Gasteiger partial charge on any atom is -0.454 e. The van der Waals surface area contributed by atoms with Gasteiger partial charge in [0.15, 0.2) is 22.9 Å². The van der Waals surface area contributed by atoms with Crippen LogP contribution >= 0.6 is 0 Å². The number of rotatable bonds is 5. The van der Waals surface area contributed by atoms with E-state index in [2.05, 4.69) is 102 Å². The minimum absolute atomic E-state index is 0.609. The molecule has 0 saturated carbocycles. The maximum absolute atomic E-state index is 6.87. The third-order valence-corrected chi connectivity index (χ3v) is 9.73. The highest BCUT2D eigenvalue weighted by molar-refractivity contribution is 6.16. The van der Waals surface area contributed by atoms with Crippen LogP contribution in [-0.4, -0.2) is 19.5 Å². The molecule has 3 aromatic heterocycles. The number of benzene rings is 6. The number of nitrogens with zero attached hydrogens (tertiary/aromatic N) is 4. The van der Waals surface area contributed by atoms with Gasteiger partial charge in [-0.3, -0.25) is 0 Å². The van der Waals surface area contributed by atoms with Crippen LogP contribution in [0.2, 0.25) is 0 Å². The molecule has 0 aliphatic heterocycles. The molecule has 0 amide bonds. The van der Waals surface area contributed by atoms with Crippen molar-refractivity contribution in [2.75, 3.05) is 0 Å². The molecule has 0 unspecified atom stereocenters. The van der Waals surface area contributed by atoms with Crippen molar-refractivity contribution in [3.63, 3.8) is 0 Å². The second-order valence-electron chi connectivity index (χ2n) is 12.7. The summed E-state index contributed by atoms with van der Waals surface area (Å²) >= 11 is 0. The van der Waals surface area contributed by atoms with Crippen LogP contribution in [0, 0.1) is 0 Å². The van der Waals surface area contributed by atoms with E-state index in [0.717, 1.165) is 51.1 Å². The molecule has 5 nitrogen and oxygen atoms in total. The lowest BCUT2D eigenvalue weighted by atomic mass is 9.99. The molecule has 6 aromatic carbocycles. The van der Waals surface area contributed by atoms with Crippen LogP contribution in [0.3, 0.4) is 0 Å². The van der Waals surface area contributed by atoms with Gasteiger partial charge in [0, 0.05) is 38.1 Å². The zero-order chi connectivity index (χ0) is 33.0. The van der Waals surface area contributed by atoms with E-state index in [9.17, 15) is 0 Å². The molecule has 236 valence electrons. The highest BCUT2D eigenvalue weighted by Gasteiger charge is 2.21. The standard InChI is InChI=1S/C45H30N4O/c1-4-14-29(15-5-1)33-21-12-24-38-41(33)36-20-10-11-23-37(36)49(38)39-25-13-22-35-34-27-26-32(28-40(34)50-42(35)39)45-47-43(30-16-6-2-7-17-30)46-44(48-45)31-18-8-3-9-19-31/h1-12,14-24,26-28H,13,25H2. The fourth-order valence-electron chi connectivity index (χ4n) is 7.46. The summed E-state index contributed by atoms with van der Waals surface area (Å²) in [5.41, 5.74) is 10.5. The fourth-order valence-corrected chi connectivity index (χ4v) is 7.46. The van der Waals surface area contributed by atoms with Gasteiger partial charge in [0.1, 0.15) is 5.58 Å². The third-order valence-electron chi connectivity index (χ3n) is 9.73. The zero-order valence-electron chi connectivity index (χ0n) is 27.1. The summed E-state index contributed by atoms with van der Waals surface area (Å²) in [5, 5.41) is 4.73. The van der Waals surface area contributed by atoms with Gasteiger partial charge >= 0.3 is 0 Å². The summed E-state index contributed by atoms with van der Waals surface area (Å²) in [5.74, 6) is 1.88. The quantitative estimate of drug-likeness (QED) is 0.188. The predicted octanol–water partition coefficient (Wildman–Crippen LogP) is 9.62. The highest BCUT2D eigenvalue weighted by Crippen LogP contribution is 2.39. The normalized spacial score (nSPS) is 12.8. The van der Waals surface area contributed by atoms with Gasteiger partial charge in [0.05, 0.1) is 16.7 Å². The summed E-state index contributed by atoms with van der Waals surface area (Å²) in [6, 6.07) is 52.5. The van der Waals surface area contributed by atoms with Gasteiger partial charge in [-0.25, -0.2) is 15.0 Å². The Morgan fingerprint density at radius 1 is 0.500 bits per heavy atom. The molecule has 0 bridgehead atoms. The fraction of sp³-hybridized carbons (Fsp3) is 0.0444. The van der Waals surface area contributed by atoms with E-state index in [1.165, 1.54) is 38.6 Å². The maximum Gasteiger partial charge on any atom is 0.164 e. The molecule has 3 heterocycles. The van der Waals surface area contributed by atoms with Gasteiger partial charge in [-0.05, 0) is 48.2 Å². The first-order chi connectivity index (χ1) is 24.8. The van der Waals surface area contributed by atoms with Crippen molar-refractivity contribution in [3.05, 3.63) is 162 Å². The van der Waals surface area contributed by atoms with E-state index in [4.69, 9.17) is 19.4 Å². The molecule has 9 aromatic rings. The van der Waals surface area contributed by atoms with Crippen LogP contribution in [0.25, 0.3) is 89.8 Å². The van der Waals surface area contributed by atoms with E-state index in [1.807, 2.05) is 60.7 Å². The first-order valence-electron chi connectivity index (χ1n) is 17.0. The average molecular weight is 643 g/mol. The lowest BCUT2D eigenvalue weighted by molar-refractivity contribution is 0.564. The molecule has 1 aliphatic rings. The molecule has 5 heteroatoms. The Kier molecular flexibility index (Phi) is 6.56. The number of hydrogen-bond acceptors (Lipinski definition) is 4. The first-order valence-corrected chi connectivity index (χ1v) is 17.0. The van der Waals surface area contributed by atoms with Crippen LogP contribution in [-0.2, 0) is 0 Å². The van der Waals surface area contributed by atoms with Crippen LogP contribution in [0.5, 0.6) is 0 Å². The number of fused-ring (bicyclic) bond motifs is 6. The second-order valence-corrected chi connectivity index (χ2v) is 12.7. The molecule has 50 heavy (non-hydrogen) atoms. The summed E-state index contributed by atoms with van der Waals surface area (Å²) in [4.78, 5) is 14.8. The van der Waals surface area contributed by atoms with Gasteiger partial charge in [-0.2, -0.15) is 0 Å². The smallest absolute Gasteiger partial charge is 0.164 e. The predicted molar refractivity (Wildman–Crippen MR) is 203 cm³/mol. The van der Waals surface area contributed by atoms with E-state index in [0.29, 0.717) is 17.5 Å². The number of hydrogen-bond donors (Lipinski definition) is 0. The molecule has 0 spiro atoms. The summed E-state index contributed by atoms with van der Waals surface area (Å²) in [6.45, 7) is 0. The highest BCUT2D eigenvalue weighted by atomic mass is 16.3. The number of aromatic nitrogens is 4. The summed E-state index contributed by atoms with van der Waals surface area (Å²) in [6.07, 6.45) is 4.12. The SMILES string of the molecule is C1=c2c(oc3cc(-c4nc(-c5ccccc5)nc(-c5ccccc5)n4)ccc23)=C(n2c3ccccc3c3c(-c4ccccc4)cccc32)CC1. The van der Waals surface area contributed by atoms with Crippen molar-refractivity contribution in [2.45, 2.75) is 12.8 Å². The van der Waals surface area contributed by atoms with Gasteiger partial charge in [0.25, 0.3) is 0 Å². The van der Waals surface area contributed by atoms with Crippen molar-refractivity contribution in [1.29, 1.82) is 0 Å². The lowest BCUT2D eigenvalue weighted by Gasteiger charge is -2.13. The second kappa shape index (κ2) is 11.5. The van der Waals surface area contributed by atoms with E-state index in [1.54, 1.807) is 0 Å². The molecule has 0 N–H and O–H groups in total. The number of furan rings is 1. The van der Waals surface area contributed by atoms with Crippen molar-refractivity contribution in [2.24, 2.45) is 0 Å². The van der Waals surface area contributed by atoms with Crippen molar-refractivity contribution >= 4 is 44.5 Å². The molecular weight excluding hydrogens is 613 g/mol. The molecule has 0 saturated heterocycles. The Hall–Kier alpha value is -6.59. The van der Waals surface area contributed by atoms with E-state index in [-0.39, 0.29) is 0 Å². The molecule has 0 fully saturated rings. The number of para-hydroxylation sites is 1. The summed E-state index contributed by atoms with van der Waals surface area (Å²) in [7, 11) is 0. The average Bonchev–Trinajstić information content (AvgIpc) is 3.74. The Labute approximate surface area is 288 Å². The Morgan fingerprint density at radius 3 is 1.80 bits per heavy atom. The largest absolute Gasteiger partial charge is 0.454 e. The minimum atomic E-state index is 0.609. The maximum atomic E-state index is 6.87. The molecule has 1 aliphatic carbocycles. The molecule has 0 atom stereocenters. The molecular formula is C45H30N4O. The molecule has 10 rings (SSSR count). The lowest BCUT2D eigenvalue weighted by Crippen LogP contribution is -2.28. The topological polar surface area (TPSA) is 56.7 Å². The van der Waals surface area contributed by atoms with Crippen LogP contribution in [0.4, 0.5) is 0 Å². The Bertz CT molecular complexity index is 2800. The van der Waals surface area contributed by atoms with E-state index < -0.39 is 0 Å². The van der Waals surface area contributed by atoms with E-state index >= 15 is 0 Å². The van der Waals surface area contributed by atoms with Crippen LogP contribution < -0.4 is 10.6 Å². The summed E-state index contributed by atoms with van der Waals surface area (Å²) < 4.78 is 9.30. The van der Waals surface area contributed by atoms with Crippen LogP contribution in [0.15, 0.2) is 156 Å². The van der Waals surface area contributed by atoms with Crippen molar-refractivity contribution in [3.8, 4) is 45.3 Å². The van der Waals surface area contributed by atoms with Crippen molar-refractivity contribution in [1.82, 2.24) is 19.5 Å². The Morgan fingerprint density at radius 2 is 1.10 bits per heavy atom. The first kappa shape index (κ1) is 28.4. The molecule has 0 radical (unpaired) electrons. The van der Waals surface area contributed by atoms with Gasteiger partial charge in [-0.1, -0.05) is 133 Å². The third kappa shape index (κ3) is 4.59. The van der Waals surface area contributed by atoms with Gasteiger partial charge in [-0.15, -0.1) is 0 Å². The van der Waals surface area contributed by atoms with Gasteiger partial charge < -0.3 is 8.98 Å². The zero-order valence-corrected chi connectivity index (χ0v) is 27.1. The van der Waals surface area contributed by atoms with Crippen LogP contribution in [0.1, 0.15) is 12.8 Å². The van der Waals surface area contributed by atoms with Crippen molar-refractivity contribution < 1.29 is 4.42 Å². The van der Waals surface area contributed by atoms with Gasteiger partial charge in [0.2, 0.25) is 0 Å².